The number of nitro groups is 1. The van der Waals surface area contributed by atoms with Crippen molar-refractivity contribution in [1.82, 2.24) is 0 Å². The quantitative estimate of drug-likeness (QED) is 0.0980. The molecule has 15 nitrogen and oxygen atoms in total. The summed E-state index contributed by atoms with van der Waals surface area (Å²) in [6.07, 6.45) is -9.59. The summed E-state index contributed by atoms with van der Waals surface area (Å²) in [6.45, 7) is 6.75. The number of ketones is 1. The van der Waals surface area contributed by atoms with E-state index in [0.717, 1.165) is 19.1 Å². The third kappa shape index (κ3) is 5.50. The molecule has 3 fully saturated rings. The Morgan fingerprint density at radius 3 is 2.22 bits per heavy atom. The second-order valence-electron chi connectivity index (χ2n) is 14.4. The lowest BCUT2D eigenvalue weighted by Gasteiger charge is -2.67. The molecule has 0 amide bonds. The number of esters is 2. The third-order valence-electron chi connectivity index (χ3n) is 11.4. The minimum absolute atomic E-state index is 0.0797. The van der Waals surface area contributed by atoms with Gasteiger partial charge in [0.1, 0.15) is 23.6 Å². The first-order valence-electron chi connectivity index (χ1n) is 16.4. The number of carbonyl (C=O) groups excluding carboxylic acids is 4. The van der Waals surface area contributed by atoms with Gasteiger partial charge in [-0.2, -0.15) is 0 Å². The molecule has 51 heavy (non-hydrogen) atoms. The predicted molar refractivity (Wildman–Crippen MR) is 173 cm³/mol. The van der Waals surface area contributed by atoms with Crippen molar-refractivity contribution in [2.75, 3.05) is 6.61 Å². The van der Waals surface area contributed by atoms with E-state index in [2.05, 4.69) is 0 Å². The Bertz CT molecular complexity index is 1810. The average Bonchev–Trinajstić information content (AvgIpc) is 3.06. The van der Waals surface area contributed by atoms with Crippen molar-refractivity contribution in [3.8, 4) is 5.75 Å². The van der Waals surface area contributed by atoms with Crippen molar-refractivity contribution in [3.63, 3.8) is 0 Å². The highest BCUT2D eigenvalue weighted by Gasteiger charge is 2.78. The lowest BCUT2D eigenvalue weighted by molar-refractivity contribution is -0.384. The molecule has 1 aliphatic heterocycles. The van der Waals surface area contributed by atoms with Gasteiger partial charge in [-0.25, -0.2) is 9.59 Å². The molecule has 2 aromatic rings. The maximum atomic E-state index is 15.1. The van der Waals surface area contributed by atoms with Gasteiger partial charge in [-0.05, 0) is 49.3 Å². The molecule has 3 N–H and O–H groups in total. The van der Waals surface area contributed by atoms with Crippen LogP contribution in [-0.2, 0) is 28.5 Å². The normalized spacial score (nSPS) is 35.1. The SMILES string of the molecule is CC(=O)O[C@H]1C(=O)[C@@]2(C)[C@H]([C@H](OC(=O)c3ccccc3)[C@]3(O)C[C@H](O)C(C)=C1C3(C)C)[C@]1(OC(=O)Oc3ccc([N+](=O)[O-])cc3)CO[C@@H]1C[C@@H]2O. The van der Waals surface area contributed by atoms with Gasteiger partial charge in [0.25, 0.3) is 5.69 Å². The highest BCUT2D eigenvalue weighted by Crippen LogP contribution is 2.64. The summed E-state index contributed by atoms with van der Waals surface area (Å²) in [7, 11) is 0. The molecular weight excluding hydrogens is 670 g/mol. The van der Waals surface area contributed by atoms with Crippen LogP contribution < -0.4 is 4.74 Å². The fourth-order valence-corrected chi connectivity index (χ4v) is 8.55. The van der Waals surface area contributed by atoms with E-state index in [1.165, 1.54) is 31.2 Å². The van der Waals surface area contributed by atoms with Gasteiger partial charge in [-0.15, -0.1) is 0 Å². The van der Waals surface area contributed by atoms with E-state index in [4.69, 9.17) is 23.7 Å². The van der Waals surface area contributed by atoms with Crippen molar-refractivity contribution < 1.29 is 63.1 Å². The molecule has 3 aliphatic carbocycles. The molecule has 0 aromatic heterocycles. The van der Waals surface area contributed by atoms with Crippen LogP contribution in [0.25, 0.3) is 0 Å². The summed E-state index contributed by atoms with van der Waals surface area (Å²) >= 11 is 0. The lowest BCUT2D eigenvalue weighted by Crippen LogP contribution is -2.82. The number of nitro benzene ring substituents is 1. The van der Waals surface area contributed by atoms with Crippen LogP contribution in [0.15, 0.2) is 65.7 Å². The second kappa shape index (κ2) is 12.5. The van der Waals surface area contributed by atoms with Crippen LogP contribution in [0.1, 0.15) is 57.8 Å². The number of ether oxygens (including phenoxy) is 5. The van der Waals surface area contributed by atoms with E-state index in [-0.39, 0.29) is 34.6 Å². The van der Waals surface area contributed by atoms with Gasteiger partial charge in [0.2, 0.25) is 0 Å². The van der Waals surface area contributed by atoms with Gasteiger partial charge in [-0.1, -0.05) is 32.0 Å². The number of aliphatic hydroxyl groups excluding tert-OH is 2. The number of nitrogens with zero attached hydrogens (tertiary/aromatic N) is 1. The molecule has 15 heteroatoms. The number of carbonyl (C=O) groups is 4. The molecular formula is C36H39NO14. The monoisotopic (exact) mass is 709 g/mol. The molecule has 9 atom stereocenters. The summed E-state index contributed by atoms with van der Waals surface area (Å²) < 4.78 is 29.2. The maximum Gasteiger partial charge on any atom is 0.514 e. The van der Waals surface area contributed by atoms with Gasteiger partial charge in [0.05, 0.1) is 40.6 Å². The zero-order valence-electron chi connectivity index (χ0n) is 28.6. The number of benzene rings is 2. The molecule has 1 saturated heterocycles. The van der Waals surface area contributed by atoms with Gasteiger partial charge in [0.15, 0.2) is 17.5 Å². The first-order chi connectivity index (χ1) is 23.9. The highest BCUT2D eigenvalue weighted by molar-refractivity contribution is 5.95. The summed E-state index contributed by atoms with van der Waals surface area (Å²) in [5.41, 5.74) is -7.62. The van der Waals surface area contributed by atoms with Gasteiger partial charge >= 0.3 is 18.1 Å². The fraction of sp³-hybridized carbons (Fsp3) is 0.500. The number of hydrogen-bond donors (Lipinski definition) is 3. The largest absolute Gasteiger partial charge is 0.514 e. The molecule has 1 heterocycles. The van der Waals surface area contributed by atoms with Crippen LogP contribution >= 0.6 is 0 Å². The summed E-state index contributed by atoms with van der Waals surface area (Å²) in [6, 6.07) is 12.4. The number of fused-ring (bicyclic) bond motifs is 5. The Hall–Kier alpha value is -4.70. The molecule has 0 spiro atoms. The van der Waals surface area contributed by atoms with Crippen LogP contribution in [0.2, 0.25) is 0 Å². The second-order valence-corrected chi connectivity index (χ2v) is 14.4. The Kier molecular flexibility index (Phi) is 8.86. The molecule has 4 aliphatic rings. The van der Waals surface area contributed by atoms with Crippen molar-refractivity contribution >= 4 is 29.6 Å². The summed E-state index contributed by atoms with van der Waals surface area (Å²) in [5.74, 6) is -4.32. The first-order valence-corrected chi connectivity index (χ1v) is 16.4. The lowest BCUT2D eigenvalue weighted by atomic mass is 9.44. The number of hydrogen-bond acceptors (Lipinski definition) is 14. The minimum Gasteiger partial charge on any atom is -0.455 e. The summed E-state index contributed by atoms with van der Waals surface area (Å²) in [5, 5.41) is 47.5. The Balaban J connectivity index is 1.55. The van der Waals surface area contributed by atoms with E-state index in [0.29, 0.717) is 0 Å². The zero-order chi connectivity index (χ0) is 37.3. The Labute approximate surface area is 292 Å². The standard InChI is InChI=1S/C36H39NO14/c1-18-23(39)16-36(44)30(50-31(42)20-9-7-6-8-10-20)28-34(5,29(41)27(48-19(2)38)26(18)33(36,3)4)24(40)15-25-35(28,17-47-25)51-32(43)49-22-13-11-21(12-14-22)37(45)46/h6-14,23-25,27-28,30,39-40,44H,15-17H2,1-5H3/t23-,24-,25+,27+,28-,30-,34+,35-,36+/m0/s1. The Morgan fingerprint density at radius 2 is 1.65 bits per heavy atom. The molecule has 2 aromatic carbocycles. The van der Waals surface area contributed by atoms with Crippen LogP contribution in [0.3, 0.4) is 0 Å². The number of non-ortho nitro benzene ring substituents is 1. The molecule has 0 unspecified atom stereocenters. The third-order valence-corrected chi connectivity index (χ3v) is 11.4. The molecule has 0 radical (unpaired) electrons. The van der Waals surface area contributed by atoms with E-state index >= 15 is 4.79 Å². The van der Waals surface area contributed by atoms with Crippen molar-refractivity contribution in [2.45, 2.75) is 89.2 Å². The van der Waals surface area contributed by atoms with Gasteiger partial charge in [0, 0.05) is 37.3 Å². The van der Waals surface area contributed by atoms with Crippen LogP contribution in [0.5, 0.6) is 5.75 Å². The van der Waals surface area contributed by atoms with Crippen molar-refractivity contribution in [3.05, 3.63) is 81.4 Å². The van der Waals surface area contributed by atoms with Crippen molar-refractivity contribution in [1.29, 1.82) is 0 Å². The van der Waals surface area contributed by atoms with E-state index in [1.54, 1.807) is 39.0 Å². The summed E-state index contributed by atoms with van der Waals surface area (Å²) in [4.78, 5) is 65.7. The smallest absolute Gasteiger partial charge is 0.455 e. The van der Waals surface area contributed by atoms with Gasteiger partial charge in [-0.3, -0.25) is 19.7 Å². The first kappa shape index (κ1) is 36.1. The number of rotatable bonds is 6. The van der Waals surface area contributed by atoms with Crippen molar-refractivity contribution in [2.24, 2.45) is 16.7 Å². The van der Waals surface area contributed by atoms with E-state index in [1.807, 2.05) is 0 Å². The fourth-order valence-electron chi connectivity index (χ4n) is 8.55. The molecule has 2 saturated carbocycles. The van der Waals surface area contributed by atoms with E-state index in [9.17, 15) is 39.8 Å². The van der Waals surface area contributed by atoms with E-state index < -0.39 is 100 Å². The topological polar surface area (TPSA) is 218 Å². The average molecular weight is 710 g/mol. The zero-order valence-corrected chi connectivity index (χ0v) is 28.6. The van der Waals surface area contributed by atoms with Gasteiger partial charge < -0.3 is 39.0 Å². The Morgan fingerprint density at radius 1 is 1.00 bits per heavy atom. The maximum absolute atomic E-state index is 15.1. The predicted octanol–water partition coefficient (Wildman–Crippen LogP) is 3.21. The van der Waals surface area contributed by atoms with Crippen LogP contribution in [-0.4, -0.2) is 92.4 Å². The number of aliphatic hydroxyl groups is 3. The highest BCUT2D eigenvalue weighted by atomic mass is 16.8. The van der Waals surface area contributed by atoms with Crippen LogP contribution in [0, 0.1) is 26.9 Å². The molecule has 2 bridgehead atoms. The molecule has 272 valence electrons. The minimum atomic E-state index is -2.26. The van der Waals surface area contributed by atoms with Crippen LogP contribution in [0.4, 0.5) is 10.5 Å². The number of Topliss-reactive ketones (excluding diaryl/α,β-unsaturated/α-hetero) is 1. The molecule has 6 rings (SSSR count).